The number of rotatable bonds is 6. The Hall–Kier alpha value is -6.22. The molecule has 6 rings (SSSR count). The minimum Gasteiger partial charge on any atom is -0.381 e. The number of pyridine rings is 1. The van der Waals surface area contributed by atoms with Gasteiger partial charge in [-0.2, -0.15) is 5.10 Å². The van der Waals surface area contributed by atoms with Crippen LogP contribution in [0.5, 0.6) is 0 Å². The first kappa shape index (κ1) is 27.0. The van der Waals surface area contributed by atoms with Crippen molar-refractivity contribution in [3.8, 4) is 17.5 Å². The molecule has 0 unspecified atom stereocenters. The summed E-state index contributed by atoms with van der Waals surface area (Å²) < 4.78 is 4.41. The molecule has 0 saturated carbocycles. The molecule has 0 aliphatic carbocycles. The highest BCUT2D eigenvalue weighted by atomic mass is 16.2. The van der Waals surface area contributed by atoms with Crippen LogP contribution in [-0.2, 0) is 11.3 Å². The Balaban J connectivity index is 1.44. The van der Waals surface area contributed by atoms with Crippen molar-refractivity contribution in [2.24, 2.45) is 5.73 Å². The highest BCUT2D eigenvalue weighted by Crippen LogP contribution is 2.24. The Kier molecular flexibility index (Phi) is 6.89. The average molecular weight is 572 g/mol. The van der Waals surface area contributed by atoms with Gasteiger partial charge in [-0.05, 0) is 42.6 Å². The van der Waals surface area contributed by atoms with Crippen LogP contribution >= 0.6 is 0 Å². The molecule has 1 atom stereocenters. The number of benzene rings is 2. The lowest BCUT2D eigenvalue weighted by Crippen LogP contribution is -2.32. The number of amides is 2. The number of fused-ring (bicyclic) bond motifs is 2. The Bertz CT molecular complexity index is 2150. The number of aromatic nitrogens is 6. The van der Waals surface area contributed by atoms with Crippen molar-refractivity contribution < 1.29 is 9.59 Å². The molecule has 12 heteroatoms. The van der Waals surface area contributed by atoms with Gasteiger partial charge in [-0.15, -0.1) is 5.10 Å². The second-order valence-electron chi connectivity index (χ2n) is 9.80. The SMILES string of the molecule is C[C@@H](NC(=O)c1c(N)nn2cccnc12)c1cc2cccc(C#Cc3cnn(CC(N)=O)c3)c2c(=O)n1-c1ccccc1. The molecule has 6 aromatic rings. The van der Waals surface area contributed by atoms with E-state index in [2.05, 4.69) is 32.3 Å². The van der Waals surface area contributed by atoms with Gasteiger partial charge >= 0.3 is 0 Å². The predicted octanol–water partition coefficient (Wildman–Crippen LogP) is 2.19. The predicted molar refractivity (Wildman–Crippen MR) is 160 cm³/mol. The number of hydrogen-bond donors (Lipinski definition) is 3. The smallest absolute Gasteiger partial charge is 0.264 e. The lowest BCUT2D eigenvalue weighted by Gasteiger charge is -2.21. The Labute approximate surface area is 244 Å². The minimum absolute atomic E-state index is 0.0470. The number of nitrogens with one attached hydrogen (secondary N) is 1. The quantitative estimate of drug-likeness (QED) is 0.258. The van der Waals surface area contributed by atoms with Gasteiger partial charge in [-0.1, -0.05) is 42.2 Å². The lowest BCUT2D eigenvalue weighted by atomic mass is 10.0. The first-order chi connectivity index (χ1) is 20.8. The topological polar surface area (TPSA) is 168 Å². The standard InChI is InChI=1S/C31H25N9O3/c1-19(36-30(42)27-28(33)37-39-14-6-13-34-29(27)39)24-15-22-8-5-7-21(12-11-20-16-35-38(17-20)18-25(32)41)26(22)31(43)40(24)23-9-3-2-4-10-23/h2-10,13-17,19H,18H2,1H3,(H2,32,41)(H2,33,37)(H,36,42)/t19-/m1/s1. The molecule has 0 saturated heterocycles. The van der Waals surface area contributed by atoms with Crippen molar-refractivity contribution >= 4 is 34.1 Å². The molecular formula is C31H25N9O3. The normalized spacial score (nSPS) is 11.7. The van der Waals surface area contributed by atoms with Gasteiger partial charge in [-0.3, -0.25) is 23.6 Å². The molecule has 0 spiro atoms. The number of nitrogens with two attached hydrogens (primary N) is 2. The van der Waals surface area contributed by atoms with Crippen LogP contribution in [0.2, 0.25) is 0 Å². The average Bonchev–Trinajstić information content (AvgIpc) is 3.58. The fourth-order valence-corrected chi connectivity index (χ4v) is 4.93. The summed E-state index contributed by atoms with van der Waals surface area (Å²) in [6.07, 6.45) is 6.35. The summed E-state index contributed by atoms with van der Waals surface area (Å²) in [5.74, 6) is 5.16. The summed E-state index contributed by atoms with van der Waals surface area (Å²) >= 11 is 0. The maximum Gasteiger partial charge on any atom is 0.264 e. The van der Waals surface area contributed by atoms with Crippen LogP contribution in [0.3, 0.4) is 0 Å². The van der Waals surface area contributed by atoms with Crippen molar-refractivity contribution in [3.05, 3.63) is 118 Å². The van der Waals surface area contributed by atoms with Gasteiger partial charge in [0.15, 0.2) is 11.5 Å². The number of carbonyl (C=O) groups is 2. The molecule has 0 radical (unpaired) electrons. The van der Waals surface area contributed by atoms with E-state index in [-0.39, 0.29) is 23.5 Å². The molecule has 2 aromatic carbocycles. The summed E-state index contributed by atoms with van der Waals surface area (Å²) in [5, 5.41) is 12.3. The van der Waals surface area contributed by atoms with E-state index < -0.39 is 17.9 Å². The number of carbonyl (C=O) groups excluding carboxylic acids is 2. The third-order valence-electron chi connectivity index (χ3n) is 6.82. The highest BCUT2D eigenvalue weighted by molar-refractivity contribution is 6.04. The summed E-state index contributed by atoms with van der Waals surface area (Å²) in [6.45, 7) is 1.73. The second-order valence-corrected chi connectivity index (χ2v) is 9.80. The van der Waals surface area contributed by atoms with E-state index in [9.17, 15) is 14.4 Å². The van der Waals surface area contributed by atoms with E-state index >= 15 is 0 Å². The van der Waals surface area contributed by atoms with E-state index in [1.807, 2.05) is 48.5 Å². The second kappa shape index (κ2) is 11.0. The zero-order valence-electron chi connectivity index (χ0n) is 22.9. The van der Waals surface area contributed by atoms with Crippen molar-refractivity contribution in [1.82, 2.24) is 34.3 Å². The number of nitrogens with zero attached hydrogens (tertiary/aromatic N) is 6. The molecule has 0 aliphatic heterocycles. The van der Waals surface area contributed by atoms with Gasteiger partial charge < -0.3 is 16.8 Å². The van der Waals surface area contributed by atoms with Gasteiger partial charge in [0.05, 0.1) is 23.2 Å². The van der Waals surface area contributed by atoms with E-state index in [4.69, 9.17) is 11.5 Å². The van der Waals surface area contributed by atoms with Gasteiger partial charge in [0.2, 0.25) is 5.91 Å². The zero-order chi connectivity index (χ0) is 30.1. The molecule has 0 fully saturated rings. The van der Waals surface area contributed by atoms with E-state index in [0.29, 0.717) is 38.9 Å². The van der Waals surface area contributed by atoms with Crippen LogP contribution in [0.25, 0.3) is 22.1 Å². The number of primary amides is 1. The monoisotopic (exact) mass is 571 g/mol. The van der Waals surface area contributed by atoms with E-state index in [1.54, 1.807) is 42.2 Å². The number of hydrogen-bond acceptors (Lipinski definition) is 7. The maximum absolute atomic E-state index is 14.2. The van der Waals surface area contributed by atoms with Crippen LogP contribution in [-0.4, -0.2) is 40.8 Å². The molecule has 0 bridgehead atoms. The zero-order valence-corrected chi connectivity index (χ0v) is 22.9. The van der Waals surface area contributed by atoms with Crippen LogP contribution < -0.4 is 22.3 Å². The first-order valence-electron chi connectivity index (χ1n) is 13.3. The number of para-hydroxylation sites is 1. The van der Waals surface area contributed by atoms with Crippen LogP contribution in [0.15, 0.2) is 90.2 Å². The first-order valence-corrected chi connectivity index (χ1v) is 13.3. The molecular weight excluding hydrogens is 546 g/mol. The summed E-state index contributed by atoms with van der Waals surface area (Å²) in [6, 6.07) is 17.5. The summed E-state index contributed by atoms with van der Waals surface area (Å²) in [7, 11) is 0. The molecule has 2 amide bonds. The van der Waals surface area contributed by atoms with Gasteiger partial charge in [-0.25, -0.2) is 9.50 Å². The fourth-order valence-electron chi connectivity index (χ4n) is 4.93. The number of nitrogen functional groups attached to an aromatic ring is 1. The Morgan fingerprint density at radius 1 is 1.07 bits per heavy atom. The Morgan fingerprint density at radius 2 is 1.88 bits per heavy atom. The largest absolute Gasteiger partial charge is 0.381 e. The molecule has 4 heterocycles. The summed E-state index contributed by atoms with van der Waals surface area (Å²) in [4.78, 5) is 43.1. The molecule has 5 N–H and O–H groups in total. The van der Waals surface area contributed by atoms with Gasteiger partial charge in [0, 0.05) is 35.5 Å². The van der Waals surface area contributed by atoms with Crippen molar-refractivity contribution in [2.75, 3.05) is 5.73 Å². The van der Waals surface area contributed by atoms with Crippen molar-refractivity contribution in [3.63, 3.8) is 0 Å². The highest BCUT2D eigenvalue weighted by Gasteiger charge is 2.24. The maximum atomic E-state index is 14.2. The van der Waals surface area contributed by atoms with Crippen molar-refractivity contribution in [1.29, 1.82) is 0 Å². The molecule has 212 valence electrons. The lowest BCUT2D eigenvalue weighted by molar-refractivity contribution is -0.118. The van der Waals surface area contributed by atoms with Crippen LogP contribution in [0.1, 0.15) is 40.1 Å². The van der Waals surface area contributed by atoms with E-state index in [0.717, 1.165) is 0 Å². The molecule has 4 aromatic heterocycles. The molecule has 43 heavy (non-hydrogen) atoms. The third-order valence-corrected chi connectivity index (χ3v) is 6.82. The Morgan fingerprint density at radius 3 is 2.67 bits per heavy atom. The van der Waals surface area contributed by atoms with Gasteiger partial charge in [0.25, 0.3) is 11.5 Å². The fraction of sp³-hybridized carbons (Fsp3) is 0.0968. The van der Waals surface area contributed by atoms with Crippen LogP contribution in [0.4, 0.5) is 5.82 Å². The number of anilines is 1. The minimum atomic E-state index is -0.617. The molecule has 12 nitrogen and oxygen atoms in total. The summed E-state index contributed by atoms with van der Waals surface area (Å²) in [5.41, 5.74) is 13.8. The molecule has 0 aliphatic rings. The van der Waals surface area contributed by atoms with Crippen molar-refractivity contribution in [2.45, 2.75) is 19.5 Å². The van der Waals surface area contributed by atoms with Crippen LogP contribution in [0, 0.1) is 11.8 Å². The third kappa shape index (κ3) is 5.18. The van der Waals surface area contributed by atoms with Gasteiger partial charge in [0.1, 0.15) is 12.1 Å². The van der Waals surface area contributed by atoms with E-state index in [1.165, 1.54) is 15.4 Å².